The summed E-state index contributed by atoms with van der Waals surface area (Å²) in [5, 5.41) is 5.89. The number of carbonyl (C=O) groups is 2. The van der Waals surface area contributed by atoms with Gasteiger partial charge < -0.3 is 15.0 Å². The molecule has 3 rings (SSSR count). The largest absolute Gasteiger partial charge is 0.497 e. The van der Waals surface area contributed by atoms with E-state index in [9.17, 15) is 9.59 Å². The van der Waals surface area contributed by atoms with Gasteiger partial charge >= 0.3 is 0 Å². The van der Waals surface area contributed by atoms with Crippen molar-refractivity contribution in [2.24, 2.45) is 5.92 Å². The van der Waals surface area contributed by atoms with Crippen LogP contribution in [-0.4, -0.2) is 65.9 Å². The summed E-state index contributed by atoms with van der Waals surface area (Å²) in [5.74, 6) is 0.735. The molecule has 7 nitrogen and oxygen atoms in total. The first-order valence-electron chi connectivity index (χ1n) is 10.2. The van der Waals surface area contributed by atoms with Gasteiger partial charge in [0, 0.05) is 50.6 Å². The van der Waals surface area contributed by atoms with Gasteiger partial charge in [-0.2, -0.15) is 0 Å². The lowest BCUT2D eigenvalue weighted by Gasteiger charge is -2.37. The summed E-state index contributed by atoms with van der Waals surface area (Å²) in [6.45, 7) is 9.06. The third-order valence-electron chi connectivity index (χ3n) is 5.25. The molecule has 1 atom stereocenters. The molecule has 2 aromatic rings. The maximum Gasteiger partial charge on any atom is 0.245 e. The first-order chi connectivity index (χ1) is 14.4. The van der Waals surface area contributed by atoms with Crippen molar-refractivity contribution in [3.05, 3.63) is 35.3 Å². The van der Waals surface area contributed by atoms with Crippen molar-refractivity contribution >= 4 is 23.2 Å². The summed E-state index contributed by atoms with van der Waals surface area (Å²) >= 11 is 1.64. The standard InChI is InChI=1S/C22H30N4O3S/c1-15(2)20(23-16(3)27)22(28)26-11-9-25(10-12-26)13-18-14-30-21(24-18)17-5-7-19(29-4)8-6-17/h5-8,14-15,20H,9-13H2,1-4H3,(H,23,27)/t20-/m1/s1. The van der Waals surface area contributed by atoms with E-state index < -0.39 is 6.04 Å². The summed E-state index contributed by atoms with van der Waals surface area (Å²) in [5.41, 5.74) is 2.13. The van der Waals surface area contributed by atoms with Crippen LogP contribution in [0, 0.1) is 5.92 Å². The van der Waals surface area contributed by atoms with Crippen molar-refractivity contribution in [1.29, 1.82) is 0 Å². The van der Waals surface area contributed by atoms with Crippen molar-refractivity contribution in [2.45, 2.75) is 33.4 Å². The van der Waals surface area contributed by atoms with Crippen molar-refractivity contribution in [2.75, 3.05) is 33.3 Å². The Labute approximate surface area is 182 Å². The number of nitrogens with zero attached hydrogens (tertiary/aromatic N) is 3. The molecule has 1 aliphatic heterocycles. The quantitative estimate of drug-likeness (QED) is 0.731. The summed E-state index contributed by atoms with van der Waals surface area (Å²) < 4.78 is 5.21. The SMILES string of the molecule is COc1ccc(-c2nc(CN3CCN(C(=O)[C@H](NC(C)=O)C(C)C)CC3)cs2)cc1. The van der Waals surface area contributed by atoms with Crippen LogP contribution >= 0.6 is 11.3 Å². The molecule has 0 unspecified atom stereocenters. The molecular formula is C22H30N4O3S. The number of ether oxygens (including phenoxy) is 1. The van der Waals surface area contributed by atoms with Crippen molar-refractivity contribution in [1.82, 2.24) is 20.1 Å². The zero-order valence-corrected chi connectivity index (χ0v) is 18.9. The molecule has 0 radical (unpaired) electrons. The second-order valence-corrected chi connectivity index (χ2v) is 8.75. The lowest BCUT2D eigenvalue weighted by Crippen LogP contribution is -2.56. The predicted octanol–water partition coefficient (Wildman–Crippen LogP) is 2.62. The van der Waals surface area contributed by atoms with Gasteiger partial charge in [0.2, 0.25) is 11.8 Å². The zero-order valence-electron chi connectivity index (χ0n) is 18.1. The molecule has 1 aromatic carbocycles. The zero-order chi connectivity index (χ0) is 21.7. The van der Waals surface area contributed by atoms with Gasteiger partial charge in [0.1, 0.15) is 16.8 Å². The van der Waals surface area contributed by atoms with Gasteiger partial charge in [-0.05, 0) is 30.2 Å². The molecule has 0 aliphatic carbocycles. The normalized spacial score (nSPS) is 15.8. The Bertz CT molecular complexity index is 858. The van der Waals surface area contributed by atoms with Crippen molar-refractivity contribution in [3.63, 3.8) is 0 Å². The van der Waals surface area contributed by atoms with E-state index in [1.807, 2.05) is 43.0 Å². The van der Waals surface area contributed by atoms with Gasteiger partial charge in [0.15, 0.2) is 0 Å². The molecule has 1 saturated heterocycles. The highest BCUT2D eigenvalue weighted by molar-refractivity contribution is 7.13. The number of carbonyl (C=O) groups excluding carboxylic acids is 2. The number of hydrogen-bond acceptors (Lipinski definition) is 6. The molecular weight excluding hydrogens is 400 g/mol. The maximum absolute atomic E-state index is 12.8. The molecule has 0 spiro atoms. The topological polar surface area (TPSA) is 74.8 Å². The van der Waals surface area contributed by atoms with Crippen LogP contribution in [-0.2, 0) is 16.1 Å². The van der Waals surface area contributed by atoms with E-state index in [0.29, 0.717) is 13.1 Å². The molecule has 1 aliphatic rings. The molecule has 2 amide bonds. The highest BCUT2D eigenvalue weighted by Crippen LogP contribution is 2.26. The van der Waals surface area contributed by atoms with E-state index in [2.05, 4.69) is 15.6 Å². The van der Waals surface area contributed by atoms with Crippen molar-refractivity contribution < 1.29 is 14.3 Å². The van der Waals surface area contributed by atoms with E-state index in [1.165, 1.54) is 6.92 Å². The van der Waals surface area contributed by atoms with E-state index >= 15 is 0 Å². The van der Waals surface area contributed by atoms with Gasteiger partial charge in [0.05, 0.1) is 12.8 Å². The predicted molar refractivity (Wildman–Crippen MR) is 118 cm³/mol. The number of methoxy groups -OCH3 is 1. The Hall–Kier alpha value is -2.45. The summed E-state index contributed by atoms with van der Waals surface area (Å²) in [7, 11) is 1.66. The second-order valence-electron chi connectivity index (χ2n) is 7.90. The number of hydrogen-bond donors (Lipinski definition) is 1. The molecule has 0 saturated carbocycles. The van der Waals surface area contributed by atoms with Crippen LogP contribution in [0.2, 0.25) is 0 Å². The van der Waals surface area contributed by atoms with Crippen molar-refractivity contribution in [3.8, 4) is 16.3 Å². The van der Waals surface area contributed by atoms with Crippen LogP contribution in [0.1, 0.15) is 26.5 Å². The van der Waals surface area contributed by atoms with Gasteiger partial charge in [-0.25, -0.2) is 4.98 Å². The fourth-order valence-corrected chi connectivity index (χ4v) is 4.35. The number of benzene rings is 1. The van der Waals surface area contributed by atoms with E-state index in [1.54, 1.807) is 18.4 Å². The fourth-order valence-electron chi connectivity index (χ4n) is 3.53. The highest BCUT2D eigenvalue weighted by Gasteiger charge is 2.30. The monoisotopic (exact) mass is 430 g/mol. The van der Waals surface area contributed by atoms with Crippen LogP contribution in [0.25, 0.3) is 10.6 Å². The van der Waals surface area contributed by atoms with Crippen LogP contribution in [0.5, 0.6) is 5.75 Å². The Morgan fingerprint density at radius 3 is 2.40 bits per heavy atom. The van der Waals surface area contributed by atoms with Crippen LogP contribution in [0.15, 0.2) is 29.6 Å². The molecule has 1 aromatic heterocycles. The van der Waals surface area contributed by atoms with Gasteiger partial charge in [-0.15, -0.1) is 11.3 Å². The van der Waals surface area contributed by atoms with Gasteiger partial charge in [0.25, 0.3) is 0 Å². The molecule has 8 heteroatoms. The third kappa shape index (κ3) is 5.58. The molecule has 30 heavy (non-hydrogen) atoms. The average Bonchev–Trinajstić information content (AvgIpc) is 3.20. The molecule has 1 fully saturated rings. The Kier molecular flexibility index (Phi) is 7.44. The number of nitrogens with one attached hydrogen (secondary N) is 1. The van der Waals surface area contributed by atoms with Crippen LogP contribution < -0.4 is 10.1 Å². The first-order valence-corrected chi connectivity index (χ1v) is 11.1. The minimum Gasteiger partial charge on any atom is -0.497 e. The molecule has 162 valence electrons. The molecule has 2 heterocycles. The van der Waals surface area contributed by atoms with E-state index in [0.717, 1.165) is 41.6 Å². The fraction of sp³-hybridized carbons (Fsp3) is 0.500. The smallest absolute Gasteiger partial charge is 0.245 e. The third-order valence-corrected chi connectivity index (χ3v) is 6.19. The molecule has 1 N–H and O–H groups in total. The molecule has 0 bridgehead atoms. The van der Waals surface area contributed by atoms with E-state index in [4.69, 9.17) is 9.72 Å². The minimum absolute atomic E-state index is 0.00954. The van der Waals surface area contributed by atoms with E-state index in [-0.39, 0.29) is 17.7 Å². The highest BCUT2D eigenvalue weighted by atomic mass is 32.1. The number of piperazine rings is 1. The lowest BCUT2D eigenvalue weighted by molar-refractivity contribution is -0.138. The Morgan fingerprint density at radius 2 is 1.83 bits per heavy atom. The number of thiazole rings is 1. The van der Waals surface area contributed by atoms with Crippen LogP contribution in [0.3, 0.4) is 0 Å². The summed E-state index contributed by atoms with van der Waals surface area (Å²) in [4.78, 5) is 33.2. The number of aromatic nitrogens is 1. The maximum atomic E-state index is 12.8. The Balaban J connectivity index is 1.54. The van der Waals surface area contributed by atoms with Gasteiger partial charge in [-0.1, -0.05) is 13.8 Å². The minimum atomic E-state index is -0.459. The van der Waals surface area contributed by atoms with Crippen LogP contribution in [0.4, 0.5) is 0 Å². The van der Waals surface area contributed by atoms with Gasteiger partial charge in [-0.3, -0.25) is 14.5 Å². The summed E-state index contributed by atoms with van der Waals surface area (Å²) in [6, 6.07) is 7.47. The number of rotatable bonds is 7. The lowest BCUT2D eigenvalue weighted by atomic mass is 10.0. The number of amides is 2. The summed E-state index contributed by atoms with van der Waals surface area (Å²) in [6.07, 6.45) is 0. The second kappa shape index (κ2) is 10.0. The Morgan fingerprint density at radius 1 is 1.17 bits per heavy atom. The average molecular weight is 431 g/mol. The first kappa shape index (κ1) is 22.2.